The number of hydrogen-bond donors (Lipinski definition) is 2. The van der Waals surface area contributed by atoms with E-state index in [1.807, 2.05) is 25.1 Å². The van der Waals surface area contributed by atoms with Crippen LogP contribution in [0.2, 0.25) is 0 Å². The van der Waals surface area contributed by atoms with Gasteiger partial charge in [-0.2, -0.15) is 15.6 Å². The van der Waals surface area contributed by atoms with Crippen molar-refractivity contribution < 1.29 is 0 Å². The molecule has 3 aromatic rings. The minimum absolute atomic E-state index is 0.384. The molecule has 0 amide bonds. The van der Waals surface area contributed by atoms with Crippen molar-refractivity contribution in [1.82, 2.24) is 20.5 Å². The van der Waals surface area contributed by atoms with Crippen LogP contribution in [0.15, 0.2) is 53.6 Å². The molecule has 1 atom stereocenters. The highest BCUT2D eigenvalue weighted by molar-refractivity contribution is 7.19. The molecule has 0 radical (unpaired) electrons. The third kappa shape index (κ3) is 2.38. The van der Waals surface area contributed by atoms with E-state index in [9.17, 15) is 10.5 Å². The maximum absolute atomic E-state index is 9.87. The van der Waals surface area contributed by atoms with Crippen molar-refractivity contribution in [2.45, 2.75) is 12.8 Å². The van der Waals surface area contributed by atoms with Crippen LogP contribution >= 0.6 is 11.3 Å². The lowest BCUT2D eigenvalue weighted by Gasteiger charge is -2.26. The lowest BCUT2D eigenvalue weighted by atomic mass is 9.84. The van der Waals surface area contributed by atoms with Crippen LogP contribution in [0.25, 0.3) is 15.9 Å². The van der Waals surface area contributed by atoms with Gasteiger partial charge in [0.2, 0.25) is 0 Å². The average molecular weight is 344 g/mol. The van der Waals surface area contributed by atoms with Crippen LogP contribution in [-0.4, -0.2) is 15.2 Å². The molecule has 6 nitrogen and oxygen atoms in total. The summed E-state index contributed by atoms with van der Waals surface area (Å²) in [5, 5.41) is 29.7. The highest BCUT2D eigenvalue weighted by Crippen LogP contribution is 2.43. The highest BCUT2D eigenvalue weighted by Gasteiger charge is 2.32. The van der Waals surface area contributed by atoms with Gasteiger partial charge in [0.15, 0.2) is 0 Å². The first-order valence-electron chi connectivity index (χ1n) is 7.58. The van der Waals surface area contributed by atoms with Crippen LogP contribution in [0.5, 0.6) is 0 Å². The van der Waals surface area contributed by atoms with Crippen molar-refractivity contribution in [3.63, 3.8) is 0 Å². The number of pyridine rings is 1. The summed E-state index contributed by atoms with van der Waals surface area (Å²) in [4.78, 5) is 4.98. The predicted octanol–water partition coefficient (Wildman–Crippen LogP) is 3.44. The highest BCUT2D eigenvalue weighted by atomic mass is 32.1. The normalized spacial score (nSPS) is 17.3. The molecule has 0 aromatic carbocycles. The summed E-state index contributed by atoms with van der Waals surface area (Å²) in [6.45, 7) is 1.86. The topological polar surface area (TPSA) is 101 Å². The molecule has 3 aromatic heterocycles. The Balaban J connectivity index is 1.95. The molecule has 25 heavy (non-hydrogen) atoms. The Hall–Kier alpha value is -3.42. The molecule has 0 aliphatic carbocycles. The maximum Gasteiger partial charge on any atom is 0.0979 e. The second-order valence-electron chi connectivity index (χ2n) is 5.64. The first-order valence-corrected chi connectivity index (χ1v) is 8.40. The van der Waals surface area contributed by atoms with Crippen LogP contribution in [0.3, 0.4) is 0 Å². The second kappa shape index (κ2) is 5.90. The molecule has 7 heteroatoms. The van der Waals surface area contributed by atoms with Gasteiger partial charge in [0.1, 0.15) is 0 Å². The zero-order chi connectivity index (χ0) is 17.4. The summed E-state index contributed by atoms with van der Waals surface area (Å²) in [6, 6.07) is 10.3. The Morgan fingerprint density at radius 3 is 2.60 bits per heavy atom. The molecule has 4 rings (SSSR count). The third-order valence-electron chi connectivity index (χ3n) is 4.20. The fourth-order valence-electron chi connectivity index (χ4n) is 3.04. The van der Waals surface area contributed by atoms with Gasteiger partial charge in [-0.15, -0.1) is 11.3 Å². The summed E-state index contributed by atoms with van der Waals surface area (Å²) in [5.74, 6) is -0.384. The van der Waals surface area contributed by atoms with Gasteiger partial charge in [0, 0.05) is 28.5 Å². The fraction of sp³-hybridized carbons (Fsp3) is 0.111. The summed E-state index contributed by atoms with van der Waals surface area (Å²) in [5.41, 5.74) is 4.36. The number of hydrogen-bond acceptors (Lipinski definition) is 6. The van der Waals surface area contributed by atoms with E-state index >= 15 is 0 Å². The third-order valence-corrected chi connectivity index (χ3v) is 5.34. The molecule has 120 valence electrons. The Labute approximate surface area is 147 Å². The molecular formula is C18H12N6S. The minimum atomic E-state index is -0.384. The molecule has 0 fully saturated rings. The summed E-state index contributed by atoms with van der Waals surface area (Å²) in [6.07, 6.45) is 5.13. The van der Waals surface area contributed by atoms with Gasteiger partial charge < -0.3 is 5.32 Å². The molecule has 1 aliphatic heterocycles. The molecule has 0 spiro atoms. The Morgan fingerprint density at radius 1 is 1.16 bits per heavy atom. The molecule has 0 saturated carbocycles. The standard InChI is InChI=1S/C18H12N6S/c1-10-12(7-19)17(15-6-14-16(25-15)9-22-24-14)13(8-20)18(23-10)11-2-4-21-5-3-11/h2-6,9,17,23H,1H3,(H,22,24). The smallest absolute Gasteiger partial charge is 0.0979 e. The van der Waals surface area contributed by atoms with Gasteiger partial charge in [0.05, 0.1) is 51.3 Å². The number of aromatic nitrogens is 3. The van der Waals surface area contributed by atoms with Gasteiger partial charge in [-0.25, -0.2) is 0 Å². The van der Waals surface area contributed by atoms with E-state index in [0.717, 1.165) is 32.1 Å². The van der Waals surface area contributed by atoms with Crippen molar-refractivity contribution in [2.75, 3.05) is 0 Å². The molecule has 4 heterocycles. The van der Waals surface area contributed by atoms with Gasteiger partial charge in [-0.1, -0.05) is 0 Å². The first-order chi connectivity index (χ1) is 12.2. The van der Waals surface area contributed by atoms with Crippen molar-refractivity contribution in [1.29, 1.82) is 10.5 Å². The van der Waals surface area contributed by atoms with Crippen LogP contribution in [-0.2, 0) is 0 Å². The number of aromatic amines is 1. The molecular weight excluding hydrogens is 332 g/mol. The number of rotatable bonds is 2. The molecule has 1 aliphatic rings. The van der Waals surface area contributed by atoms with Crippen LogP contribution < -0.4 is 5.32 Å². The first kappa shape index (κ1) is 15.1. The quantitative estimate of drug-likeness (QED) is 0.741. The largest absolute Gasteiger partial charge is 0.357 e. The van der Waals surface area contributed by atoms with Gasteiger partial charge in [-0.05, 0) is 25.1 Å². The van der Waals surface area contributed by atoms with Crippen molar-refractivity contribution >= 4 is 27.3 Å². The lowest BCUT2D eigenvalue weighted by Crippen LogP contribution is -2.23. The number of allylic oxidation sites excluding steroid dienone is 3. The zero-order valence-electron chi connectivity index (χ0n) is 13.2. The van der Waals surface area contributed by atoms with E-state index in [2.05, 4.69) is 32.6 Å². The summed E-state index contributed by atoms with van der Waals surface area (Å²) < 4.78 is 1.01. The van der Waals surface area contributed by atoms with E-state index in [4.69, 9.17) is 0 Å². The van der Waals surface area contributed by atoms with E-state index in [-0.39, 0.29) is 5.92 Å². The Bertz CT molecular complexity index is 1080. The predicted molar refractivity (Wildman–Crippen MR) is 94.9 cm³/mol. The summed E-state index contributed by atoms with van der Waals surface area (Å²) in [7, 11) is 0. The van der Waals surface area contributed by atoms with Gasteiger partial charge in [-0.3, -0.25) is 10.1 Å². The average Bonchev–Trinajstić information content (AvgIpc) is 3.23. The fourth-order valence-corrected chi connectivity index (χ4v) is 4.14. The van der Waals surface area contributed by atoms with Crippen molar-refractivity contribution in [3.8, 4) is 12.1 Å². The van der Waals surface area contributed by atoms with E-state index < -0.39 is 0 Å². The van der Waals surface area contributed by atoms with Crippen LogP contribution in [0.4, 0.5) is 0 Å². The van der Waals surface area contributed by atoms with E-state index in [1.165, 1.54) is 0 Å². The van der Waals surface area contributed by atoms with Gasteiger partial charge >= 0.3 is 0 Å². The number of dihydropyridines is 1. The number of nitrogens with one attached hydrogen (secondary N) is 2. The van der Waals surface area contributed by atoms with Crippen LogP contribution in [0, 0.1) is 22.7 Å². The SMILES string of the molecule is CC1=C(C#N)C(c2cc3[nH]ncc3s2)C(C#N)=C(c2ccncc2)N1. The number of nitrogens with zero attached hydrogens (tertiary/aromatic N) is 4. The zero-order valence-corrected chi connectivity index (χ0v) is 14.1. The number of fused-ring (bicyclic) bond motifs is 1. The Morgan fingerprint density at radius 2 is 1.92 bits per heavy atom. The molecule has 0 saturated heterocycles. The molecule has 2 N–H and O–H groups in total. The number of H-pyrrole nitrogens is 1. The van der Waals surface area contributed by atoms with Gasteiger partial charge in [0.25, 0.3) is 0 Å². The number of thiophene rings is 1. The molecule has 0 bridgehead atoms. The lowest BCUT2D eigenvalue weighted by molar-refractivity contribution is 0.891. The Kier molecular flexibility index (Phi) is 3.57. The van der Waals surface area contributed by atoms with Crippen LogP contribution in [0.1, 0.15) is 23.3 Å². The monoisotopic (exact) mass is 344 g/mol. The van der Waals surface area contributed by atoms with E-state index in [0.29, 0.717) is 11.1 Å². The van der Waals surface area contributed by atoms with E-state index in [1.54, 1.807) is 29.9 Å². The minimum Gasteiger partial charge on any atom is -0.357 e. The summed E-state index contributed by atoms with van der Waals surface area (Å²) >= 11 is 1.54. The maximum atomic E-state index is 9.87. The second-order valence-corrected chi connectivity index (χ2v) is 6.76. The van der Waals surface area contributed by atoms with Crippen molar-refractivity contribution in [2.24, 2.45) is 0 Å². The number of nitriles is 2. The molecule has 1 unspecified atom stereocenters. The van der Waals surface area contributed by atoms with Crippen molar-refractivity contribution in [3.05, 3.63) is 64.1 Å².